The van der Waals surface area contributed by atoms with Crippen molar-refractivity contribution in [2.45, 2.75) is 39.3 Å². The van der Waals surface area contributed by atoms with Crippen molar-refractivity contribution in [2.75, 3.05) is 0 Å². The van der Waals surface area contributed by atoms with Gasteiger partial charge in [-0.05, 0) is 36.1 Å². The highest BCUT2D eigenvalue weighted by Crippen LogP contribution is 2.16. The third-order valence-corrected chi connectivity index (χ3v) is 3.73. The Morgan fingerprint density at radius 2 is 1.96 bits per heavy atom. The third kappa shape index (κ3) is 6.55. The van der Waals surface area contributed by atoms with Crippen LogP contribution in [0.15, 0.2) is 48.8 Å². The molecule has 0 aliphatic rings. The van der Waals surface area contributed by atoms with Gasteiger partial charge in [0.05, 0.1) is 6.42 Å². The number of carboxylic acids is 1. The SMILES string of the molecule is CC(C)C[C@H](NC(=O)Cc1cccc(OCc2cccnc2)c1)C(=O)O. The fourth-order valence-corrected chi connectivity index (χ4v) is 2.52. The second-order valence-electron chi connectivity index (χ2n) is 6.56. The standard InChI is InChI=1S/C20H24N2O4/c1-14(2)9-18(20(24)25)22-19(23)11-15-5-3-7-17(10-15)26-13-16-6-4-8-21-12-16/h3-8,10,12,14,18H,9,11,13H2,1-2H3,(H,22,23)(H,24,25)/t18-/m0/s1. The van der Waals surface area contributed by atoms with Gasteiger partial charge in [0.2, 0.25) is 5.91 Å². The minimum Gasteiger partial charge on any atom is -0.489 e. The molecule has 2 N–H and O–H groups in total. The zero-order valence-corrected chi connectivity index (χ0v) is 15.0. The van der Waals surface area contributed by atoms with Crippen LogP contribution in [0.2, 0.25) is 0 Å². The minimum absolute atomic E-state index is 0.103. The molecule has 0 aliphatic carbocycles. The molecule has 0 spiro atoms. The van der Waals surface area contributed by atoms with Crippen LogP contribution in [0.25, 0.3) is 0 Å². The van der Waals surface area contributed by atoms with E-state index in [1.807, 2.05) is 44.2 Å². The summed E-state index contributed by atoms with van der Waals surface area (Å²) in [6.45, 7) is 4.23. The maximum absolute atomic E-state index is 12.2. The summed E-state index contributed by atoms with van der Waals surface area (Å²) in [5.74, 6) is -0.500. The van der Waals surface area contributed by atoms with Crippen LogP contribution < -0.4 is 10.1 Å². The van der Waals surface area contributed by atoms with E-state index in [9.17, 15) is 14.7 Å². The number of hydrogen-bond donors (Lipinski definition) is 2. The molecule has 0 unspecified atom stereocenters. The largest absolute Gasteiger partial charge is 0.489 e. The smallest absolute Gasteiger partial charge is 0.326 e. The number of hydrogen-bond acceptors (Lipinski definition) is 4. The van der Waals surface area contributed by atoms with Gasteiger partial charge in [0.1, 0.15) is 18.4 Å². The number of aliphatic carboxylic acids is 1. The molecule has 1 heterocycles. The lowest BCUT2D eigenvalue weighted by atomic mass is 10.0. The highest BCUT2D eigenvalue weighted by atomic mass is 16.5. The Labute approximate surface area is 153 Å². The second-order valence-corrected chi connectivity index (χ2v) is 6.56. The molecule has 0 aliphatic heterocycles. The van der Waals surface area contributed by atoms with Crippen molar-refractivity contribution < 1.29 is 19.4 Å². The van der Waals surface area contributed by atoms with Gasteiger partial charge in [-0.25, -0.2) is 4.79 Å². The number of pyridine rings is 1. The Morgan fingerprint density at radius 1 is 1.19 bits per heavy atom. The molecule has 1 amide bonds. The average Bonchev–Trinajstić information content (AvgIpc) is 2.60. The van der Waals surface area contributed by atoms with Crippen molar-refractivity contribution in [3.63, 3.8) is 0 Å². The first kappa shape index (κ1) is 19.4. The van der Waals surface area contributed by atoms with E-state index >= 15 is 0 Å². The molecule has 6 nitrogen and oxygen atoms in total. The van der Waals surface area contributed by atoms with E-state index < -0.39 is 12.0 Å². The van der Waals surface area contributed by atoms with Crippen LogP contribution in [0.1, 0.15) is 31.4 Å². The Kier molecular flexibility index (Phi) is 7.14. The first-order valence-electron chi connectivity index (χ1n) is 8.57. The molecule has 26 heavy (non-hydrogen) atoms. The predicted octanol–water partition coefficient (Wildman–Crippen LogP) is 2.82. The van der Waals surface area contributed by atoms with Gasteiger partial charge < -0.3 is 15.2 Å². The number of carboxylic acid groups (broad SMARTS) is 1. The molecule has 1 aromatic heterocycles. The molecular weight excluding hydrogens is 332 g/mol. The van der Waals surface area contributed by atoms with E-state index in [1.54, 1.807) is 18.5 Å². The summed E-state index contributed by atoms with van der Waals surface area (Å²) in [6.07, 6.45) is 3.94. The molecular formula is C20H24N2O4. The summed E-state index contributed by atoms with van der Waals surface area (Å²) in [7, 11) is 0. The van der Waals surface area contributed by atoms with Crippen LogP contribution in [-0.2, 0) is 22.6 Å². The van der Waals surface area contributed by atoms with Gasteiger partial charge in [0.15, 0.2) is 0 Å². The second kappa shape index (κ2) is 9.56. The molecule has 2 aromatic rings. The zero-order valence-electron chi connectivity index (χ0n) is 15.0. The van der Waals surface area contributed by atoms with E-state index in [4.69, 9.17) is 4.74 Å². The lowest BCUT2D eigenvalue weighted by Gasteiger charge is -2.16. The fourth-order valence-electron chi connectivity index (χ4n) is 2.52. The summed E-state index contributed by atoms with van der Waals surface area (Å²) < 4.78 is 5.72. The Bertz CT molecular complexity index is 732. The van der Waals surface area contributed by atoms with E-state index in [2.05, 4.69) is 10.3 Å². The van der Waals surface area contributed by atoms with Crippen LogP contribution in [0.4, 0.5) is 0 Å². The van der Waals surface area contributed by atoms with Crippen molar-refractivity contribution in [1.82, 2.24) is 10.3 Å². The predicted molar refractivity (Wildman–Crippen MR) is 97.7 cm³/mol. The first-order chi connectivity index (χ1) is 12.4. The van der Waals surface area contributed by atoms with Crippen molar-refractivity contribution in [2.24, 2.45) is 5.92 Å². The summed E-state index contributed by atoms with van der Waals surface area (Å²) in [5, 5.41) is 11.8. The van der Waals surface area contributed by atoms with Crippen molar-refractivity contribution in [3.05, 3.63) is 59.9 Å². The molecule has 1 aromatic carbocycles. The van der Waals surface area contributed by atoms with E-state index in [0.29, 0.717) is 18.8 Å². The number of amides is 1. The van der Waals surface area contributed by atoms with Crippen LogP contribution in [-0.4, -0.2) is 28.0 Å². The van der Waals surface area contributed by atoms with Crippen LogP contribution >= 0.6 is 0 Å². The maximum Gasteiger partial charge on any atom is 0.326 e. The van der Waals surface area contributed by atoms with Crippen molar-refractivity contribution in [3.8, 4) is 5.75 Å². The summed E-state index contributed by atoms with van der Waals surface area (Å²) in [4.78, 5) is 27.5. The monoisotopic (exact) mass is 356 g/mol. The summed E-state index contributed by atoms with van der Waals surface area (Å²) in [5.41, 5.74) is 1.72. The first-order valence-corrected chi connectivity index (χ1v) is 8.57. The lowest BCUT2D eigenvalue weighted by Crippen LogP contribution is -2.42. The number of nitrogens with one attached hydrogen (secondary N) is 1. The highest BCUT2D eigenvalue weighted by molar-refractivity contribution is 5.84. The van der Waals surface area contributed by atoms with E-state index in [0.717, 1.165) is 11.1 Å². The molecule has 138 valence electrons. The fraction of sp³-hybridized carbons (Fsp3) is 0.350. The minimum atomic E-state index is -1.01. The molecule has 0 bridgehead atoms. The van der Waals surface area contributed by atoms with Gasteiger partial charge in [-0.15, -0.1) is 0 Å². The molecule has 0 saturated carbocycles. The van der Waals surface area contributed by atoms with E-state index in [-0.39, 0.29) is 18.2 Å². The van der Waals surface area contributed by atoms with Crippen LogP contribution in [0, 0.1) is 5.92 Å². The molecule has 1 atom stereocenters. The summed E-state index contributed by atoms with van der Waals surface area (Å²) in [6, 6.07) is 10.1. The Balaban J connectivity index is 1.92. The molecule has 0 fully saturated rings. The quantitative estimate of drug-likeness (QED) is 0.721. The van der Waals surface area contributed by atoms with Crippen LogP contribution in [0.5, 0.6) is 5.75 Å². The van der Waals surface area contributed by atoms with Gasteiger partial charge >= 0.3 is 5.97 Å². The van der Waals surface area contributed by atoms with Crippen LogP contribution in [0.3, 0.4) is 0 Å². The van der Waals surface area contributed by atoms with Crippen molar-refractivity contribution in [1.29, 1.82) is 0 Å². The third-order valence-electron chi connectivity index (χ3n) is 3.73. The zero-order chi connectivity index (χ0) is 18.9. The molecule has 0 saturated heterocycles. The lowest BCUT2D eigenvalue weighted by molar-refractivity contribution is -0.142. The van der Waals surface area contributed by atoms with Crippen molar-refractivity contribution >= 4 is 11.9 Å². The maximum atomic E-state index is 12.2. The average molecular weight is 356 g/mol. The topological polar surface area (TPSA) is 88.5 Å². The number of carbonyl (C=O) groups is 2. The normalized spacial score (nSPS) is 11.8. The number of carbonyl (C=O) groups excluding carboxylic acids is 1. The van der Waals surface area contributed by atoms with Gasteiger partial charge in [-0.3, -0.25) is 9.78 Å². The van der Waals surface area contributed by atoms with Gasteiger partial charge in [0.25, 0.3) is 0 Å². The number of aromatic nitrogens is 1. The number of benzene rings is 1. The van der Waals surface area contributed by atoms with Gasteiger partial charge in [-0.2, -0.15) is 0 Å². The Hall–Kier alpha value is -2.89. The molecule has 2 rings (SSSR count). The highest BCUT2D eigenvalue weighted by Gasteiger charge is 2.21. The van der Waals surface area contributed by atoms with E-state index in [1.165, 1.54) is 0 Å². The summed E-state index contributed by atoms with van der Waals surface area (Å²) >= 11 is 0. The number of rotatable bonds is 9. The molecule has 0 radical (unpaired) electrons. The Morgan fingerprint density at radius 3 is 2.62 bits per heavy atom. The molecule has 6 heteroatoms. The number of ether oxygens (including phenoxy) is 1. The van der Waals surface area contributed by atoms with Gasteiger partial charge in [-0.1, -0.05) is 32.0 Å². The number of nitrogens with zero attached hydrogens (tertiary/aromatic N) is 1. The van der Waals surface area contributed by atoms with Gasteiger partial charge in [0, 0.05) is 18.0 Å².